The first-order valence-electron chi connectivity index (χ1n) is 9.82. The van der Waals surface area contributed by atoms with Gasteiger partial charge in [0.2, 0.25) is 0 Å². The number of carbonyl (C=O) groups excluding carboxylic acids is 1. The number of rotatable bonds is 9. The summed E-state index contributed by atoms with van der Waals surface area (Å²) in [6.45, 7) is 6.99. The van der Waals surface area contributed by atoms with Crippen molar-refractivity contribution >= 4 is 11.7 Å². The van der Waals surface area contributed by atoms with Crippen molar-refractivity contribution in [1.82, 2.24) is 5.32 Å². The predicted molar refractivity (Wildman–Crippen MR) is 114 cm³/mol. The number of nitrogens with one attached hydrogen (secondary N) is 1. The van der Waals surface area contributed by atoms with E-state index in [2.05, 4.69) is 19.2 Å². The minimum Gasteiger partial charge on any atom is -0.493 e. The summed E-state index contributed by atoms with van der Waals surface area (Å²) in [4.78, 5) is 14.3. The first kappa shape index (κ1) is 21.6. The summed E-state index contributed by atoms with van der Waals surface area (Å²) in [5.41, 5.74) is 1.81. The molecule has 0 saturated carbocycles. The molecule has 0 fully saturated rings. The number of methoxy groups -OCH3 is 1. The number of carbonyl (C=O) groups is 1. The molecule has 0 unspecified atom stereocenters. The van der Waals surface area contributed by atoms with Gasteiger partial charge in [0.1, 0.15) is 0 Å². The van der Waals surface area contributed by atoms with Crippen LogP contribution in [0.25, 0.3) is 0 Å². The summed E-state index contributed by atoms with van der Waals surface area (Å²) in [6, 6.07) is 15.2. The molecule has 0 aliphatic heterocycles. The van der Waals surface area contributed by atoms with Crippen molar-refractivity contribution in [3.8, 4) is 11.5 Å². The lowest BCUT2D eigenvalue weighted by atomic mass is 10.1. The molecular weight excluding hydrogens is 352 g/mol. The zero-order valence-corrected chi connectivity index (χ0v) is 17.6. The van der Waals surface area contributed by atoms with E-state index in [4.69, 9.17) is 9.47 Å². The maximum Gasteiger partial charge on any atom is 0.322 e. The van der Waals surface area contributed by atoms with E-state index in [9.17, 15) is 4.79 Å². The number of hydrogen-bond acceptors (Lipinski definition) is 3. The number of amides is 2. The Hall–Kier alpha value is -2.69. The third-order valence-electron chi connectivity index (χ3n) is 4.66. The quantitative estimate of drug-likeness (QED) is 0.588. The van der Waals surface area contributed by atoms with E-state index in [1.54, 1.807) is 19.1 Å². The molecule has 0 aliphatic rings. The van der Waals surface area contributed by atoms with E-state index in [0.717, 1.165) is 24.1 Å². The minimum atomic E-state index is -0.174. The molecule has 0 bridgehead atoms. The first-order valence-corrected chi connectivity index (χ1v) is 9.82. The highest BCUT2D eigenvalue weighted by Gasteiger charge is 2.16. The molecule has 152 valence electrons. The summed E-state index contributed by atoms with van der Waals surface area (Å²) < 4.78 is 11.3. The fourth-order valence-electron chi connectivity index (χ4n) is 2.88. The van der Waals surface area contributed by atoms with E-state index >= 15 is 0 Å². The molecular formula is C23H32N2O3. The normalized spacial score (nSPS) is 11.8. The van der Waals surface area contributed by atoms with Gasteiger partial charge in [0.05, 0.1) is 19.8 Å². The largest absolute Gasteiger partial charge is 0.493 e. The van der Waals surface area contributed by atoms with Gasteiger partial charge in [-0.2, -0.15) is 0 Å². The molecule has 0 heterocycles. The molecule has 0 saturated heterocycles. The number of ether oxygens (including phenoxy) is 2. The summed E-state index contributed by atoms with van der Waals surface area (Å²) in [6.07, 6.45) is 2.09. The summed E-state index contributed by atoms with van der Waals surface area (Å²) in [7, 11) is 3.37. The van der Waals surface area contributed by atoms with Gasteiger partial charge < -0.3 is 14.8 Å². The Morgan fingerprint density at radius 2 is 1.79 bits per heavy atom. The molecule has 1 atom stereocenters. The van der Waals surface area contributed by atoms with Gasteiger partial charge in [0.15, 0.2) is 11.5 Å². The predicted octanol–water partition coefficient (Wildman–Crippen LogP) is 5.42. The SMILES string of the molecule is COc1ccc(N(C)C(=O)N[C@@H](C)c2ccccc2)cc1OCCCC(C)C. The van der Waals surface area contributed by atoms with Crippen molar-refractivity contribution in [2.24, 2.45) is 5.92 Å². The molecule has 2 aromatic rings. The summed E-state index contributed by atoms with van der Waals surface area (Å²) in [5, 5.41) is 3.02. The monoisotopic (exact) mass is 384 g/mol. The maximum atomic E-state index is 12.7. The van der Waals surface area contributed by atoms with E-state index in [-0.39, 0.29) is 12.1 Å². The standard InChI is InChI=1S/C23H32N2O3/c1-17(2)10-9-15-28-22-16-20(13-14-21(22)27-5)25(4)23(26)24-18(3)19-11-7-6-8-12-19/h6-8,11-14,16-18H,9-10,15H2,1-5H3,(H,24,26)/t18-/m0/s1. The van der Waals surface area contributed by atoms with Gasteiger partial charge in [-0.05, 0) is 43.4 Å². The van der Waals surface area contributed by atoms with Gasteiger partial charge >= 0.3 is 6.03 Å². The second kappa shape index (κ2) is 10.6. The molecule has 0 spiro atoms. The fraction of sp³-hybridized carbons (Fsp3) is 0.435. The molecule has 5 heteroatoms. The van der Waals surface area contributed by atoms with Crippen LogP contribution in [0.15, 0.2) is 48.5 Å². The van der Waals surface area contributed by atoms with Crippen LogP contribution < -0.4 is 19.7 Å². The highest BCUT2D eigenvalue weighted by molar-refractivity contribution is 5.92. The van der Waals surface area contributed by atoms with Gasteiger partial charge in [0, 0.05) is 18.8 Å². The smallest absolute Gasteiger partial charge is 0.322 e. The van der Waals surface area contributed by atoms with Crippen molar-refractivity contribution in [3.05, 3.63) is 54.1 Å². The minimum absolute atomic E-state index is 0.0823. The van der Waals surface area contributed by atoms with Gasteiger partial charge in [-0.1, -0.05) is 44.2 Å². The Labute approximate surface area is 168 Å². The van der Waals surface area contributed by atoms with Crippen LogP contribution >= 0.6 is 0 Å². The molecule has 1 N–H and O–H groups in total. The molecule has 0 radical (unpaired) electrons. The number of urea groups is 1. The number of nitrogens with zero attached hydrogens (tertiary/aromatic N) is 1. The molecule has 2 amide bonds. The van der Waals surface area contributed by atoms with Crippen molar-refractivity contribution in [1.29, 1.82) is 0 Å². The molecule has 2 rings (SSSR count). The van der Waals surface area contributed by atoms with Crippen molar-refractivity contribution < 1.29 is 14.3 Å². The maximum absolute atomic E-state index is 12.7. The van der Waals surface area contributed by atoms with Crippen LogP contribution in [0.5, 0.6) is 11.5 Å². The second-order valence-corrected chi connectivity index (χ2v) is 7.36. The van der Waals surface area contributed by atoms with Crippen LogP contribution in [0.2, 0.25) is 0 Å². The Balaban J connectivity index is 2.04. The van der Waals surface area contributed by atoms with Crippen LogP contribution in [0.4, 0.5) is 10.5 Å². The van der Waals surface area contributed by atoms with Gasteiger partial charge in [0.25, 0.3) is 0 Å². The number of hydrogen-bond donors (Lipinski definition) is 1. The molecule has 5 nitrogen and oxygen atoms in total. The number of anilines is 1. The Kier molecular flexibility index (Phi) is 8.18. The van der Waals surface area contributed by atoms with Crippen LogP contribution in [0.1, 0.15) is 45.2 Å². The second-order valence-electron chi connectivity index (χ2n) is 7.36. The Bertz CT molecular complexity index is 747. The van der Waals surface area contributed by atoms with E-state index in [1.807, 2.05) is 55.5 Å². The third-order valence-corrected chi connectivity index (χ3v) is 4.66. The van der Waals surface area contributed by atoms with Gasteiger partial charge in [-0.15, -0.1) is 0 Å². The lowest BCUT2D eigenvalue weighted by molar-refractivity contribution is 0.244. The molecule has 0 aliphatic carbocycles. The summed E-state index contributed by atoms with van der Waals surface area (Å²) in [5.74, 6) is 1.97. The molecule has 0 aromatic heterocycles. The highest BCUT2D eigenvalue weighted by atomic mass is 16.5. The average Bonchev–Trinajstić information content (AvgIpc) is 2.70. The van der Waals surface area contributed by atoms with Crippen molar-refractivity contribution in [2.45, 2.75) is 39.7 Å². The number of benzene rings is 2. The molecule has 28 heavy (non-hydrogen) atoms. The van der Waals surface area contributed by atoms with Crippen molar-refractivity contribution in [3.63, 3.8) is 0 Å². The zero-order chi connectivity index (χ0) is 20.5. The lowest BCUT2D eigenvalue weighted by Crippen LogP contribution is -2.38. The van der Waals surface area contributed by atoms with Crippen LogP contribution in [0, 0.1) is 5.92 Å². The Morgan fingerprint density at radius 3 is 2.43 bits per heavy atom. The average molecular weight is 385 g/mol. The van der Waals surface area contributed by atoms with Crippen molar-refractivity contribution in [2.75, 3.05) is 25.7 Å². The van der Waals surface area contributed by atoms with Crippen LogP contribution in [0.3, 0.4) is 0 Å². The Morgan fingerprint density at radius 1 is 1.07 bits per heavy atom. The molecule has 2 aromatic carbocycles. The van der Waals surface area contributed by atoms with E-state index < -0.39 is 0 Å². The topological polar surface area (TPSA) is 50.8 Å². The highest BCUT2D eigenvalue weighted by Crippen LogP contribution is 2.32. The lowest BCUT2D eigenvalue weighted by Gasteiger charge is -2.23. The van der Waals surface area contributed by atoms with E-state index in [0.29, 0.717) is 24.0 Å². The van der Waals surface area contributed by atoms with Gasteiger partial charge in [-0.3, -0.25) is 4.90 Å². The summed E-state index contributed by atoms with van der Waals surface area (Å²) >= 11 is 0. The third kappa shape index (κ3) is 6.19. The first-order chi connectivity index (χ1) is 13.4. The van der Waals surface area contributed by atoms with E-state index in [1.165, 1.54) is 0 Å². The zero-order valence-electron chi connectivity index (χ0n) is 17.6. The fourth-order valence-corrected chi connectivity index (χ4v) is 2.88. The van der Waals surface area contributed by atoms with Crippen LogP contribution in [-0.4, -0.2) is 26.8 Å². The van der Waals surface area contributed by atoms with Crippen LogP contribution in [-0.2, 0) is 0 Å². The van der Waals surface area contributed by atoms with Gasteiger partial charge in [-0.25, -0.2) is 4.79 Å².